The minimum Gasteiger partial charge on any atom is -0.480 e. The van der Waals surface area contributed by atoms with Crippen LogP contribution in [-0.2, 0) is 16.0 Å². The van der Waals surface area contributed by atoms with Gasteiger partial charge in [-0.15, -0.1) is 0 Å². The standard InChI is InChI=1S/C17H23ClN2O3/c1-2-19(12-17(22)23)15-6-8-20(9-7-15)16(21)11-13-4-3-5-14(18)10-13/h3-5,10,15H,2,6-9,11-12H2,1H3,(H,22,23). The number of halogens is 1. The second kappa shape index (κ2) is 8.31. The fourth-order valence-electron chi connectivity index (χ4n) is 3.09. The van der Waals surface area contributed by atoms with E-state index in [2.05, 4.69) is 0 Å². The molecular weight excluding hydrogens is 316 g/mol. The number of carboxylic acid groups (broad SMARTS) is 1. The first-order valence-corrected chi connectivity index (χ1v) is 8.35. The Kier molecular flexibility index (Phi) is 6.42. The second-order valence-corrected chi connectivity index (χ2v) is 6.31. The molecule has 0 aromatic heterocycles. The van der Waals surface area contributed by atoms with Crippen LogP contribution in [0.2, 0.25) is 5.02 Å². The number of aliphatic carboxylic acids is 1. The minimum atomic E-state index is -0.800. The molecule has 1 N–H and O–H groups in total. The topological polar surface area (TPSA) is 60.9 Å². The fourth-order valence-corrected chi connectivity index (χ4v) is 3.30. The maximum Gasteiger partial charge on any atom is 0.317 e. The molecule has 0 spiro atoms. The highest BCUT2D eigenvalue weighted by atomic mass is 35.5. The van der Waals surface area contributed by atoms with Crippen LogP contribution in [0.1, 0.15) is 25.3 Å². The zero-order valence-corrected chi connectivity index (χ0v) is 14.1. The van der Waals surface area contributed by atoms with Crippen molar-refractivity contribution in [3.8, 4) is 0 Å². The van der Waals surface area contributed by atoms with Gasteiger partial charge in [0.25, 0.3) is 0 Å². The molecule has 0 unspecified atom stereocenters. The molecule has 1 saturated heterocycles. The molecule has 6 heteroatoms. The van der Waals surface area contributed by atoms with E-state index in [9.17, 15) is 9.59 Å². The Morgan fingerprint density at radius 2 is 2.04 bits per heavy atom. The Labute approximate surface area is 141 Å². The van der Waals surface area contributed by atoms with Crippen LogP contribution >= 0.6 is 11.6 Å². The minimum absolute atomic E-state index is 0.0671. The Morgan fingerprint density at radius 1 is 1.35 bits per heavy atom. The van der Waals surface area contributed by atoms with Gasteiger partial charge in [0.1, 0.15) is 0 Å². The van der Waals surface area contributed by atoms with E-state index in [0.29, 0.717) is 31.1 Å². The molecule has 5 nitrogen and oxygen atoms in total. The van der Waals surface area contributed by atoms with Gasteiger partial charge in [-0.2, -0.15) is 0 Å². The number of likely N-dealkylation sites (tertiary alicyclic amines) is 1. The van der Waals surface area contributed by atoms with Gasteiger partial charge in [0, 0.05) is 24.2 Å². The van der Waals surface area contributed by atoms with Crippen LogP contribution in [-0.4, -0.2) is 59.0 Å². The number of hydrogen-bond acceptors (Lipinski definition) is 3. The number of benzene rings is 1. The molecule has 1 aromatic rings. The number of likely N-dealkylation sites (N-methyl/N-ethyl adjacent to an activating group) is 1. The summed E-state index contributed by atoms with van der Waals surface area (Å²) in [6.07, 6.45) is 2.00. The molecule has 1 aliphatic heterocycles. The Morgan fingerprint density at radius 3 is 2.61 bits per heavy atom. The van der Waals surface area contributed by atoms with Crippen molar-refractivity contribution in [1.82, 2.24) is 9.80 Å². The number of rotatable bonds is 6. The fraction of sp³-hybridized carbons (Fsp3) is 0.529. The summed E-state index contributed by atoms with van der Waals surface area (Å²) in [5, 5.41) is 9.60. The third kappa shape index (κ3) is 5.22. The molecule has 1 aromatic carbocycles. The first kappa shape index (κ1) is 17.8. The molecule has 1 amide bonds. The first-order chi connectivity index (χ1) is 11.0. The number of carbonyl (C=O) groups excluding carboxylic acids is 1. The van der Waals surface area contributed by atoms with E-state index in [-0.39, 0.29) is 18.5 Å². The highest BCUT2D eigenvalue weighted by Gasteiger charge is 2.27. The van der Waals surface area contributed by atoms with Crippen molar-refractivity contribution in [1.29, 1.82) is 0 Å². The highest BCUT2D eigenvalue weighted by Crippen LogP contribution is 2.18. The van der Waals surface area contributed by atoms with Crippen LogP contribution in [0, 0.1) is 0 Å². The molecule has 1 fully saturated rings. The van der Waals surface area contributed by atoms with Gasteiger partial charge in [-0.1, -0.05) is 30.7 Å². The Bertz CT molecular complexity index is 557. The van der Waals surface area contributed by atoms with Crippen molar-refractivity contribution >= 4 is 23.5 Å². The number of carbonyl (C=O) groups is 2. The third-order valence-corrected chi connectivity index (χ3v) is 4.56. The van der Waals surface area contributed by atoms with E-state index >= 15 is 0 Å². The van der Waals surface area contributed by atoms with Gasteiger partial charge in [-0.3, -0.25) is 14.5 Å². The van der Waals surface area contributed by atoms with Crippen LogP contribution in [0.5, 0.6) is 0 Å². The average molecular weight is 339 g/mol. The van der Waals surface area contributed by atoms with Crippen molar-refractivity contribution < 1.29 is 14.7 Å². The van der Waals surface area contributed by atoms with Crippen LogP contribution in [0.3, 0.4) is 0 Å². The van der Waals surface area contributed by atoms with E-state index in [1.807, 2.05) is 34.9 Å². The maximum absolute atomic E-state index is 12.4. The summed E-state index contributed by atoms with van der Waals surface area (Å²) in [7, 11) is 0. The van der Waals surface area contributed by atoms with Crippen molar-refractivity contribution in [2.45, 2.75) is 32.2 Å². The normalized spacial score (nSPS) is 15.9. The summed E-state index contributed by atoms with van der Waals surface area (Å²) in [4.78, 5) is 27.1. The number of hydrogen-bond donors (Lipinski definition) is 1. The quantitative estimate of drug-likeness (QED) is 0.864. The number of amides is 1. The van der Waals surface area contributed by atoms with Crippen molar-refractivity contribution in [2.24, 2.45) is 0 Å². The summed E-state index contributed by atoms with van der Waals surface area (Å²) in [6, 6.07) is 7.61. The van der Waals surface area contributed by atoms with Crippen LogP contribution in [0.25, 0.3) is 0 Å². The second-order valence-electron chi connectivity index (χ2n) is 5.88. The van der Waals surface area contributed by atoms with E-state index < -0.39 is 5.97 Å². The summed E-state index contributed by atoms with van der Waals surface area (Å²) < 4.78 is 0. The van der Waals surface area contributed by atoms with Crippen LogP contribution in [0.15, 0.2) is 24.3 Å². The summed E-state index contributed by atoms with van der Waals surface area (Å²) in [5.74, 6) is -0.696. The predicted octanol–water partition coefficient (Wildman–Crippen LogP) is 2.28. The molecule has 2 rings (SSSR count). The van der Waals surface area contributed by atoms with Crippen molar-refractivity contribution in [3.63, 3.8) is 0 Å². The lowest BCUT2D eigenvalue weighted by molar-refractivity contribution is -0.140. The van der Waals surface area contributed by atoms with Gasteiger partial charge in [-0.05, 0) is 37.1 Å². The number of piperidine rings is 1. The molecule has 23 heavy (non-hydrogen) atoms. The monoisotopic (exact) mass is 338 g/mol. The molecule has 0 aliphatic carbocycles. The smallest absolute Gasteiger partial charge is 0.317 e. The van der Waals surface area contributed by atoms with Crippen LogP contribution in [0.4, 0.5) is 0 Å². The SMILES string of the molecule is CCN(CC(=O)O)C1CCN(C(=O)Cc2cccc(Cl)c2)CC1. The van der Waals surface area contributed by atoms with Crippen LogP contribution < -0.4 is 0 Å². The van der Waals surface area contributed by atoms with Crippen molar-refractivity contribution in [2.75, 3.05) is 26.2 Å². The lowest BCUT2D eigenvalue weighted by Gasteiger charge is -2.37. The molecule has 0 atom stereocenters. The lowest BCUT2D eigenvalue weighted by Crippen LogP contribution is -2.48. The zero-order chi connectivity index (χ0) is 16.8. The van der Waals surface area contributed by atoms with E-state index in [0.717, 1.165) is 18.4 Å². The molecule has 1 heterocycles. The van der Waals surface area contributed by atoms with E-state index in [1.54, 1.807) is 6.07 Å². The van der Waals surface area contributed by atoms with Gasteiger partial charge in [0.2, 0.25) is 5.91 Å². The summed E-state index contributed by atoms with van der Waals surface area (Å²) in [5.41, 5.74) is 0.922. The predicted molar refractivity (Wildman–Crippen MR) is 89.6 cm³/mol. The van der Waals surface area contributed by atoms with Gasteiger partial charge in [-0.25, -0.2) is 0 Å². The third-order valence-electron chi connectivity index (χ3n) is 4.32. The summed E-state index contributed by atoms with van der Waals surface area (Å²) in [6.45, 7) is 4.12. The van der Waals surface area contributed by atoms with Gasteiger partial charge in [0.15, 0.2) is 0 Å². The van der Waals surface area contributed by atoms with Gasteiger partial charge < -0.3 is 10.0 Å². The molecule has 126 valence electrons. The highest BCUT2D eigenvalue weighted by molar-refractivity contribution is 6.30. The number of nitrogens with zero attached hydrogens (tertiary/aromatic N) is 2. The van der Waals surface area contributed by atoms with Gasteiger partial charge in [0.05, 0.1) is 13.0 Å². The lowest BCUT2D eigenvalue weighted by atomic mass is 10.0. The van der Waals surface area contributed by atoms with E-state index in [1.165, 1.54) is 0 Å². The maximum atomic E-state index is 12.4. The molecule has 0 saturated carbocycles. The first-order valence-electron chi connectivity index (χ1n) is 7.97. The summed E-state index contributed by atoms with van der Waals surface area (Å²) >= 11 is 5.95. The average Bonchev–Trinajstić information content (AvgIpc) is 2.52. The van der Waals surface area contributed by atoms with E-state index in [4.69, 9.17) is 16.7 Å². The molecule has 0 radical (unpaired) electrons. The zero-order valence-electron chi connectivity index (χ0n) is 13.4. The molecule has 1 aliphatic rings. The van der Waals surface area contributed by atoms with Crippen molar-refractivity contribution in [3.05, 3.63) is 34.9 Å². The Hall–Kier alpha value is -1.59. The molecular formula is C17H23ClN2O3. The molecule has 0 bridgehead atoms. The Balaban J connectivity index is 1.86. The number of carboxylic acids is 1. The largest absolute Gasteiger partial charge is 0.480 e. The van der Waals surface area contributed by atoms with Gasteiger partial charge >= 0.3 is 5.97 Å².